The van der Waals surface area contributed by atoms with E-state index in [1.807, 2.05) is 12.1 Å². The largest absolute Gasteiger partial charge is 0.316 e. The summed E-state index contributed by atoms with van der Waals surface area (Å²) in [7, 11) is 0. The molecule has 1 nitrogen and oxygen atoms in total. The molecule has 1 aliphatic carbocycles. The highest BCUT2D eigenvalue weighted by Crippen LogP contribution is 2.46. The SMILES string of the molecule is Clc1ccc(C2CNCCC2C2CC2)cc1. The van der Waals surface area contributed by atoms with Crippen molar-refractivity contribution in [3.05, 3.63) is 34.9 Å². The summed E-state index contributed by atoms with van der Waals surface area (Å²) in [6.07, 6.45) is 4.25. The van der Waals surface area contributed by atoms with E-state index in [2.05, 4.69) is 17.4 Å². The maximum absolute atomic E-state index is 5.95. The van der Waals surface area contributed by atoms with Gasteiger partial charge in [-0.25, -0.2) is 0 Å². The molecular formula is C14H18ClN. The molecule has 0 bridgehead atoms. The Labute approximate surface area is 102 Å². The lowest BCUT2D eigenvalue weighted by atomic mass is 9.78. The molecule has 1 aromatic carbocycles. The third-order valence-electron chi connectivity index (χ3n) is 4.06. The molecule has 16 heavy (non-hydrogen) atoms. The highest BCUT2D eigenvalue weighted by molar-refractivity contribution is 6.30. The lowest BCUT2D eigenvalue weighted by molar-refractivity contribution is 0.291. The van der Waals surface area contributed by atoms with Crippen LogP contribution in [0.25, 0.3) is 0 Å². The zero-order valence-corrected chi connectivity index (χ0v) is 10.2. The number of hydrogen-bond acceptors (Lipinski definition) is 1. The molecule has 1 aliphatic heterocycles. The smallest absolute Gasteiger partial charge is 0.0406 e. The van der Waals surface area contributed by atoms with Crippen LogP contribution in [-0.2, 0) is 0 Å². The third-order valence-corrected chi connectivity index (χ3v) is 4.31. The van der Waals surface area contributed by atoms with Gasteiger partial charge in [0.2, 0.25) is 0 Å². The van der Waals surface area contributed by atoms with Crippen LogP contribution in [0.1, 0.15) is 30.7 Å². The zero-order chi connectivity index (χ0) is 11.0. The first-order valence-electron chi connectivity index (χ1n) is 6.31. The van der Waals surface area contributed by atoms with Crippen LogP contribution in [-0.4, -0.2) is 13.1 Å². The van der Waals surface area contributed by atoms with E-state index in [4.69, 9.17) is 11.6 Å². The van der Waals surface area contributed by atoms with Crippen molar-refractivity contribution in [2.75, 3.05) is 13.1 Å². The summed E-state index contributed by atoms with van der Waals surface area (Å²) in [6, 6.07) is 8.45. The molecule has 1 aromatic rings. The topological polar surface area (TPSA) is 12.0 Å². The molecule has 86 valence electrons. The average molecular weight is 236 g/mol. The van der Waals surface area contributed by atoms with E-state index in [-0.39, 0.29) is 0 Å². The Balaban J connectivity index is 1.82. The molecule has 2 heteroatoms. The van der Waals surface area contributed by atoms with Gasteiger partial charge in [0, 0.05) is 11.6 Å². The van der Waals surface area contributed by atoms with Crippen LogP contribution in [0.5, 0.6) is 0 Å². The number of nitrogens with one attached hydrogen (secondary N) is 1. The minimum Gasteiger partial charge on any atom is -0.316 e. The molecule has 0 radical (unpaired) electrons. The minimum atomic E-state index is 0.707. The first kappa shape index (κ1) is 10.6. The molecular weight excluding hydrogens is 218 g/mol. The van der Waals surface area contributed by atoms with Gasteiger partial charge in [0.25, 0.3) is 0 Å². The minimum absolute atomic E-state index is 0.707. The molecule has 0 amide bonds. The van der Waals surface area contributed by atoms with Crippen molar-refractivity contribution in [2.45, 2.75) is 25.2 Å². The van der Waals surface area contributed by atoms with Gasteiger partial charge in [0.15, 0.2) is 0 Å². The van der Waals surface area contributed by atoms with Crippen molar-refractivity contribution < 1.29 is 0 Å². The zero-order valence-electron chi connectivity index (χ0n) is 9.45. The van der Waals surface area contributed by atoms with Gasteiger partial charge in [-0.2, -0.15) is 0 Å². The van der Waals surface area contributed by atoms with Gasteiger partial charge in [-0.05, 0) is 61.3 Å². The van der Waals surface area contributed by atoms with Crippen LogP contribution < -0.4 is 5.32 Å². The molecule has 3 rings (SSSR count). The van der Waals surface area contributed by atoms with Gasteiger partial charge in [-0.3, -0.25) is 0 Å². The van der Waals surface area contributed by atoms with Crippen molar-refractivity contribution in [3.8, 4) is 0 Å². The van der Waals surface area contributed by atoms with Crippen LogP contribution in [0.3, 0.4) is 0 Å². The molecule has 0 aromatic heterocycles. The monoisotopic (exact) mass is 235 g/mol. The van der Waals surface area contributed by atoms with Gasteiger partial charge < -0.3 is 5.32 Å². The highest BCUT2D eigenvalue weighted by Gasteiger charge is 2.38. The van der Waals surface area contributed by atoms with E-state index >= 15 is 0 Å². The van der Waals surface area contributed by atoms with Gasteiger partial charge in [0.1, 0.15) is 0 Å². The van der Waals surface area contributed by atoms with E-state index in [1.165, 1.54) is 31.4 Å². The van der Waals surface area contributed by atoms with E-state index in [0.717, 1.165) is 23.4 Å². The number of rotatable bonds is 2. The van der Waals surface area contributed by atoms with Crippen LogP contribution in [0, 0.1) is 11.8 Å². The summed E-state index contributed by atoms with van der Waals surface area (Å²) >= 11 is 5.95. The van der Waals surface area contributed by atoms with E-state index in [0.29, 0.717) is 5.92 Å². The predicted molar refractivity (Wildman–Crippen MR) is 67.9 cm³/mol. The lowest BCUT2D eigenvalue weighted by Crippen LogP contribution is -2.36. The molecule has 1 N–H and O–H groups in total. The quantitative estimate of drug-likeness (QED) is 0.828. The molecule has 1 saturated carbocycles. The molecule has 1 heterocycles. The fourth-order valence-corrected chi connectivity index (χ4v) is 3.17. The Bertz CT molecular complexity index is 356. The summed E-state index contributed by atoms with van der Waals surface area (Å²) in [4.78, 5) is 0. The number of hydrogen-bond donors (Lipinski definition) is 1. The Hall–Kier alpha value is -0.530. The Morgan fingerprint density at radius 1 is 1.06 bits per heavy atom. The number of benzene rings is 1. The van der Waals surface area contributed by atoms with Crippen molar-refractivity contribution in [1.29, 1.82) is 0 Å². The molecule has 2 aliphatic rings. The summed E-state index contributed by atoms with van der Waals surface area (Å²) in [5.41, 5.74) is 1.47. The fourth-order valence-electron chi connectivity index (χ4n) is 3.04. The van der Waals surface area contributed by atoms with Crippen LogP contribution in [0.2, 0.25) is 5.02 Å². The summed E-state index contributed by atoms with van der Waals surface area (Å²) in [6.45, 7) is 2.34. The maximum atomic E-state index is 5.95. The highest BCUT2D eigenvalue weighted by atomic mass is 35.5. The number of halogens is 1. The normalized spacial score (nSPS) is 30.3. The summed E-state index contributed by atoms with van der Waals surface area (Å²) in [5, 5.41) is 4.37. The van der Waals surface area contributed by atoms with Crippen molar-refractivity contribution in [2.24, 2.45) is 11.8 Å². The summed E-state index contributed by atoms with van der Waals surface area (Å²) in [5.74, 6) is 2.61. The molecule has 0 spiro atoms. The Morgan fingerprint density at radius 2 is 1.81 bits per heavy atom. The van der Waals surface area contributed by atoms with Crippen molar-refractivity contribution in [1.82, 2.24) is 5.32 Å². The predicted octanol–water partition coefficient (Wildman–Crippen LogP) is 3.44. The van der Waals surface area contributed by atoms with Crippen LogP contribution in [0.15, 0.2) is 24.3 Å². The van der Waals surface area contributed by atoms with Gasteiger partial charge in [-0.1, -0.05) is 23.7 Å². The second-order valence-electron chi connectivity index (χ2n) is 5.15. The fraction of sp³-hybridized carbons (Fsp3) is 0.571. The van der Waals surface area contributed by atoms with E-state index in [9.17, 15) is 0 Å². The second kappa shape index (κ2) is 4.38. The van der Waals surface area contributed by atoms with E-state index < -0.39 is 0 Å². The molecule has 2 atom stereocenters. The van der Waals surface area contributed by atoms with Crippen LogP contribution in [0.4, 0.5) is 0 Å². The standard InChI is InChI=1S/C14H18ClN/c15-12-5-3-11(4-6-12)14-9-16-8-7-13(14)10-1-2-10/h3-6,10,13-14,16H,1-2,7-9H2. The van der Waals surface area contributed by atoms with Gasteiger partial charge in [0.05, 0.1) is 0 Å². The van der Waals surface area contributed by atoms with E-state index in [1.54, 1.807) is 0 Å². The average Bonchev–Trinajstić information content (AvgIpc) is 3.14. The Morgan fingerprint density at radius 3 is 2.50 bits per heavy atom. The second-order valence-corrected chi connectivity index (χ2v) is 5.59. The maximum Gasteiger partial charge on any atom is 0.0406 e. The summed E-state index contributed by atoms with van der Waals surface area (Å²) < 4.78 is 0. The van der Waals surface area contributed by atoms with Gasteiger partial charge >= 0.3 is 0 Å². The number of piperidine rings is 1. The third kappa shape index (κ3) is 2.11. The first-order valence-corrected chi connectivity index (χ1v) is 6.68. The lowest BCUT2D eigenvalue weighted by Gasteiger charge is -2.32. The molecule has 2 unspecified atom stereocenters. The van der Waals surface area contributed by atoms with Crippen molar-refractivity contribution in [3.63, 3.8) is 0 Å². The van der Waals surface area contributed by atoms with Crippen molar-refractivity contribution >= 4 is 11.6 Å². The van der Waals surface area contributed by atoms with Gasteiger partial charge in [-0.15, -0.1) is 0 Å². The molecule has 2 fully saturated rings. The Kier molecular flexibility index (Phi) is 2.91. The first-order chi connectivity index (χ1) is 7.84. The van der Waals surface area contributed by atoms with Crippen LogP contribution >= 0.6 is 11.6 Å². The molecule has 1 saturated heterocycles.